The highest BCUT2D eigenvalue weighted by molar-refractivity contribution is 7.80. The molecule has 31 heavy (non-hydrogen) atoms. The zero-order chi connectivity index (χ0) is 23.6. The van der Waals surface area contributed by atoms with Gasteiger partial charge in [-0.3, -0.25) is 15.1 Å². The summed E-state index contributed by atoms with van der Waals surface area (Å²) in [5, 5.41) is 6.98. The van der Waals surface area contributed by atoms with E-state index < -0.39 is 85.2 Å². The molecule has 1 saturated heterocycles. The van der Waals surface area contributed by atoms with Gasteiger partial charge in [-0.1, -0.05) is 4.48 Å². The van der Waals surface area contributed by atoms with Crippen LogP contribution < -0.4 is 0 Å². The fourth-order valence-corrected chi connectivity index (χ4v) is 3.76. The van der Waals surface area contributed by atoms with Gasteiger partial charge in [-0.05, 0) is 6.92 Å². The molecule has 1 amide bonds. The zero-order valence-corrected chi connectivity index (χ0v) is 16.4. The van der Waals surface area contributed by atoms with E-state index in [9.17, 15) is 35.5 Å². The van der Waals surface area contributed by atoms with Gasteiger partial charge in [0.2, 0.25) is 11.9 Å². The van der Waals surface area contributed by atoms with Crippen LogP contribution in [0.25, 0.3) is 0 Å². The molecule has 13 heteroatoms. The molecule has 2 aromatic carbocycles. The van der Waals surface area contributed by atoms with Crippen LogP contribution in [0.3, 0.4) is 0 Å². The normalized spacial score (nSPS) is 21.8. The van der Waals surface area contributed by atoms with Crippen LogP contribution in [0.15, 0.2) is 17.0 Å². The van der Waals surface area contributed by atoms with E-state index >= 15 is 4.48 Å². The van der Waals surface area contributed by atoms with E-state index in [2.05, 4.69) is 12.6 Å². The molecule has 1 aliphatic rings. The molecule has 3 rings (SSSR count). The van der Waals surface area contributed by atoms with Gasteiger partial charge in [0.1, 0.15) is 23.0 Å². The van der Waals surface area contributed by atoms with E-state index in [0.29, 0.717) is 6.92 Å². The van der Waals surface area contributed by atoms with Gasteiger partial charge >= 0.3 is 0 Å². The van der Waals surface area contributed by atoms with Crippen molar-refractivity contribution in [3.8, 4) is 0 Å². The topological polar surface area (TPSA) is 47.4 Å². The summed E-state index contributed by atoms with van der Waals surface area (Å²) < 4.78 is 115. The van der Waals surface area contributed by atoms with Gasteiger partial charge < -0.3 is 0 Å². The second-order valence-corrected chi connectivity index (χ2v) is 7.29. The molecule has 0 saturated carbocycles. The summed E-state index contributed by atoms with van der Waals surface area (Å²) in [5.74, 6) is -18.9. The van der Waals surface area contributed by atoms with Crippen LogP contribution in [0.1, 0.15) is 24.0 Å². The maximum atomic E-state index is 15.2. The average Bonchev–Trinajstić information content (AvgIpc) is 2.69. The van der Waals surface area contributed by atoms with Gasteiger partial charge in [0.05, 0.1) is 16.4 Å². The lowest BCUT2D eigenvalue weighted by Crippen LogP contribution is -2.62. The summed E-state index contributed by atoms with van der Waals surface area (Å²) in [4.78, 5) is 11.7. The van der Waals surface area contributed by atoms with E-state index in [1.807, 2.05) is 0 Å². The number of guanidine groups is 1. The van der Waals surface area contributed by atoms with Crippen molar-refractivity contribution < 1.29 is 40.0 Å². The number of thiol groups is 1. The van der Waals surface area contributed by atoms with Crippen LogP contribution in [0, 0.1) is 46.1 Å². The van der Waals surface area contributed by atoms with Gasteiger partial charge in [-0.25, -0.2) is 30.7 Å². The van der Waals surface area contributed by atoms with Crippen molar-refractivity contribution in [2.24, 2.45) is 0 Å². The van der Waals surface area contributed by atoms with Crippen LogP contribution in [-0.2, 0) is 10.3 Å². The smallest absolute Gasteiger partial charge is 0.239 e. The third-order valence-electron chi connectivity index (χ3n) is 5.13. The second kappa shape index (κ2) is 7.39. The minimum Gasteiger partial charge on any atom is -0.283 e. The van der Waals surface area contributed by atoms with Gasteiger partial charge in [0, 0.05) is 24.7 Å². The first-order valence-electron chi connectivity index (χ1n) is 8.28. The van der Waals surface area contributed by atoms with Gasteiger partial charge in [-0.2, -0.15) is 5.12 Å². The first-order valence-corrected chi connectivity index (χ1v) is 8.73. The highest BCUT2D eigenvalue weighted by Gasteiger charge is 2.58. The van der Waals surface area contributed by atoms with Crippen LogP contribution in [0.5, 0.6) is 0 Å². The van der Waals surface area contributed by atoms with Gasteiger partial charge in [-0.15, -0.1) is 12.6 Å². The molecular weight excluding hydrogens is 458 g/mol. The molecule has 0 bridgehead atoms. The molecule has 0 unspecified atom stereocenters. The third kappa shape index (κ3) is 3.05. The first-order chi connectivity index (χ1) is 14.3. The summed E-state index contributed by atoms with van der Waals surface area (Å²) in [6.07, 6.45) is 0. The van der Waals surface area contributed by atoms with E-state index in [0.717, 1.165) is 7.05 Å². The number of benzene rings is 2. The number of nitrogens with one attached hydrogen (secondary N) is 1. The summed E-state index contributed by atoms with van der Waals surface area (Å²) in [6, 6.07) is 0.206. The Morgan fingerprint density at radius 1 is 0.968 bits per heavy atom. The number of nitrogens with zero attached hydrogens (tertiary/aromatic N) is 2. The Kier molecular flexibility index (Phi) is 5.45. The average molecular weight is 469 g/mol. The summed E-state index contributed by atoms with van der Waals surface area (Å²) >= 11 is 3.29. The predicted octanol–water partition coefficient (Wildman–Crippen LogP) is 4.54. The Morgan fingerprint density at radius 2 is 1.42 bits per heavy atom. The number of amides is 1. The fraction of sp³-hybridized carbons (Fsp3) is 0.222. The molecule has 0 aliphatic carbocycles. The van der Waals surface area contributed by atoms with Crippen molar-refractivity contribution in [2.45, 2.75) is 23.3 Å². The van der Waals surface area contributed by atoms with Crippen molar-refractivity contribution in [2.75, 3.05) is 7.05 Å². The fourth-order valence-electron chi connectivity index (χ4n) is 3.57. The van der Waals surface area contributed by atoms with E-state index in [-0.39, 0.29) is 17.0 Å². The molecule has 2 atom stereocenters. The van der Waals surface area contributed by atoms with Crippen LogP contribution in [0.2, 0.25) is 0 Å². The molecule has 1 aliphatic heterocycles. The number of hydrogen-bond donors (Lipinski definition) is 2. The number of halogens is 8. The Balaban J connectivity index is 2.48. The molecule has 1 fully saturated rings. The highest BCUT2D eigenvalue weighted by Crippen LogP contribution is 2.50. The SMILES string of the molecule is CN1C(=N)N(F)[C@](C)(c2c(F)cc(F)cc2F)[C@H](c2c(F)c(F)c(S)c(F)c2F)C1=O. The number of carbonyl (C=O) groups excluding carboxylic acids is 1. The standard InChI is InChI=1S/C18H11F8N3OS/c1-18(9-6(20)3-5(19)4-7(9)21)10(16(30)28(2)17(27)29(18)26)8-11(22)13(24)15(31)14(25)12(8)23/h3-4,10,27,31H,1-2H3/t10-,18-/m1/s1. The molecule has 166 valence electrons. The van der Waals surface area contributed by atoms with E-state index in [1.54, 1.807) is 0 Å². The lowest BCUT2D eigenvalue weighted by molar-refractivity contribution is -0.145. The van der Waals surface area contributed by atoms with Crippen molar-refractivity contribution in [1.82, 2.24) is 10.0 Å². The van der Waals surface area contributed by atoms with E-state index in [4.69, 9.17) is 5.41 Å². The number of hydrogen-bond acceptors (Lipinski definition) is 3. The predicted molar refractivity (Wildman–Crippen MR) is 93.4 cm³/mol. The Bertz CT molecular complexity index is 1090. The number of rotatable bonds is 2. The van der Waals surface area contributed by atoms with Crippen LogP contribution in [0.4, 0.5) is 35.2 Å². The Hall–Kier alpha value is -2.83. The minimum atomic E-state index is -3.10. The molecular formula is C18H11F8N3OS. The lowest BCUT2D eigenvalue weighted by atomic mass is 9.72. The molecule has 0 radical (unpaired) electrons. The monoisotopic (exact) mass is 469 g/mol. The first kappa shape index (κ1) is 22.8. The highest BCUT2D eigenvalue weighted by atomic mass is 32.1. The van der Waals surface area contributed by atoms with Crippen molar-refractivity contribution in [3.05, 3.63) is 64.0 Å². The largest absolute Gasteiger partial charge is 0.283 e. The van der Waals surface area contributed by atoms with Crippen molar-refractivity contribution >= 4 is 24.5 Å². The second-order valence-electron chi connectivity index (χ2n) is 6.84. The van der Waals surface area contributed by atoms with Gasteiger partial charge in [0.15, 0.2) is 23.3 Å². The zero-order valence-electron chi connectivity index (χ0n) is 15.5. The molecule has 1 heterocycles. The quantitative estimate of drug-likeness (QED) is 0.294. The van der Waals surface area contributed by atoms with Crippen LogP contribution >= 0.6 is 12.6 Å². The number of likely N-dealkylation sites (N-methyl/N-ethyl adjacent to an activating group) is 1. The Morgan fingerprint density at radius 3 is 1.87 bits per heavy atom. The molecule has 0 spiro atoms. The van der Waals surface area contributed by atoms with Gasteiger partial charge in [0.25, 0.3) is 0 Å². The molecule has 4 nitrogen and oxygen atoms in total. The van der Waals surface area contributed by atoms with Crippen molar-refractivity contribution in [3.63, 3.8) is 0 Å². The summed E-state index contributed by atoms with van der Waals surface area (Å²) in [6.45, 7) is 0.569. The third-order valence-corrected chi connectivity index (χ3v) is 5.52. The number of carbonyl (C=O) groups is 1. The maximum Gasteiger partial charge on any atom is 0.239 e. The van der Waals surface area contributed by atoms with E-state index in [1.165, 1.54) is 0 Å². The molecule has 1 N–H and O–H groups in total. The maximum absolute atomic E-state index is 15.2. The minimum absolute atomic E-state index is 0.103. The Labute approximate surface area is 174 Å². The summed E-state index contributed by atoms with van der Waals surface area (Å²) in [7, 11) is 0.788. The molecule has 0 aromatic heterocycles. The molecule has 2 aromatic rings. The lowest BCUT2D eigenvalue weighted by Gasteiger charge is -2.48. The summed E-state index contributed by atoms with van der Waals surface area (Å²) in [5.41, 5.74) is -6.19. The van der Waals surface area contributed by atoms with Crippen molar-refractivity contribution in [1.29, 1.82) is 5.41 Å². The van der Waals surface area contributed by atoms with Crippen LogP contribution in [-0.4, -0.2) is 28.9 Å².